The third-order valence-electron chi connectivity index (χ3n) is 3.79. The van der Waals surface area contributed by atoms with Crippen molar-refractivity contribution in [3.63, 3.8) is 0 Å². The van der Waals surface area contributed by atoms with E-state index in [9.17, 15) is 9.59 Å². The van der Waals surface area contributed by atoms with E-state index >= 15 is 0 Å². The summed E-state index contributed by atoms with van der Waals surface area (Å²) >= 11 is 3.58. The van der Waals surface area contributed by atoms with Gasteiger partial charge in [0, 0.05) is 17.6 Å². The van der Waals surface area contributed by atoms with Gasteiger partial charge in [0.1, 0.15) is 0 Å². The van der Waals surface area contributed by atoms with E-state index in [2.05, 4.69) is 37.7 Å². The zero-order chi connectivity index (χ0) is 14.3. The molecule has 114 valence electrons. The SMILES string of the molecule is CCCN1CCc2c(c(Br)cc3[nH]c(=O)c(=O)[nH]c23)C1.Cl. The van der Waals surface area contributed by atoms with Crippen molar-refractivity contribution in [2.24, 2.45) is 0 Å². The molecule has 0 saturated heterocycles. The minimum absolute atomic E-state index is 0. The summed E-state index contributed by atoms with van der Waals surface area (Å²) in [6, 6.07) is 1.88. The van der Waals surface area contributed by atoms with E-state index < -0.39 is 11.1 Å². The molecule has 1 aromatic heterocycles. The average molecular weight is 375 g/mol. The number of halogens is 2. The largest absolute Gasteiger partial charge is 0.316 e. The second kappa shape index (κ2) is 6.34. The fourth-order valence-electron chi connectivity index (χ4n) is 2.86. The van der Waals surface area contributed by atoms with E-state index in [1.807, 2.05) is 6.07 Å². The molecule has 5 nitrogen and oxygen atoms in total. The van der Waals surface area contributed by atoms with Gasteiger partial charge in [0.15, 0.2) is 0 Å². The molecule has 2 N–H and O–H groups in total. The minimum Gasteiger partial charge on any atom is -0.316 e. The Hall–Kier alpha value is -1.11. The summed E-state index contributed by atoms with van der Waals surface area (Å²) in [5.41, 5.74) is 2.61. The lowest BCUT2D eigenvalue weighted by molar-refractivity contribution is 0.255. The summed E-state index contributed by atoms with van der Waals surface area (Å²) in [5.74, 6) is 0. The maximum atomic E-state index is 11.5. The van der Waals surface area contributed by atoms with Crippen LogP contribution in [0.4, 0.5) is 0 Å². The number of fused-ring (bicyclic) bond motifs is 3. The summed E-state index contributed by atoms with van der Waals surface area (Å²) in [4.78, 5) is 30.7. The van der Waals surface area contributed by atoms with E-state index in [1.54, 1.807) is 0 Å². The second-order valence-corrected chi connectivity index (χ2v) is 6.03. The molecule has 0 saturated carbocycles. The first-order valence-corrected chi connectivity index (χ1v) is 7.58. The molecule has 0 atom stereocenters. The Bertz CT molecular complexity index is 784. The van der Waals surface area contributed by atoms with Crippen molar-refractivity contribution in [2.75, 3.05) is 13.1 Å². The van der Waals surface area contributed by atoms with Crippen LogP contribution in [0.1, 0.15) is 24.5 Å². The molecule has 1 aliphatic rings. The van der Waals surface area contributed by atoms with Crippen LogP contribution in [0.5, 0.6) is 0 Å². The van der Waals surface area contributed by atoms with Crippen molar-refractivity contribution in [1.29, 1.82) is 0 Å². The number of nitrogens with one attached hydrogen (secondary N) is 2. The van der Waals surface area contributed by atoms with E-state index in [0.717, 1.165) is 48.0 Å². The summed E-state index contributed by atoms with van der Waals surface area (Å²) in [7, 11) is 0. The number of hydrogen-bond acceptors (Lipinski definition) is 3. The van der Waals surface area contributed by atoms with E-state index in [1.165, 1.54) is 5.56 Å². The molecule has 0 amide bonds. The molecule has 0 aliphatic carbocycles. The van der Waals surface area contributed by atoms with Crippen LogP contribution in [-0.2, 0) is 13.0 Å². The summed E-state index contributed by atoms with van der Waals surface area (Å²) in [5, 5.41) is 0. The number of nitrogens with zero attached hydrogens (tertiary/aromatic N) is 1. The molecule has 2 aromatic rings. The molecule has 0 bridgehead atoms. The van der Waals surface area contributed by atoms with E-state index in [4.69, 9.17) is 0 Å². The van der Waals surface area contributed by atoms with Crippen molar-refractivity contribution < 1.29 is 0 Å². The highest BCUT2D eigenvalue weighted by atomic mass is 79.9. The van der Waals surface area contributed by atoms with Gasteiger partial charge in [-0.15, -0.1) is 12.4 Å². The molecular formula is C14H17BrClN3O2. The third-order valence-corrected chi connectivity index (χ3v) is 4.49. The molecule has 7 heteroatoms. The van der Waals surface area contributed by atoms with Crippen LogP contribution < -0.4 is 11.1 Å². The first-order valence-electron chi connectivity index (χ1n) is 6.79. The predicted molar refractivity (Wildman–Crippen MR) is 89.4 cm³/mol. The van der Waals surface area contributed by atoms with Gasteiger partial charge in [-0.3, -0.25) is 14.5 Å². The molecular weight excluding hydrogens is 358 g/mol. The quantitative estimate of drug-likeness (QED) is 0.792. The van der Waals surface area contributed by atoms with Gasteiger partial charge in [0.05, 0.1) is 11.0 Å². The van der Waals surface area contributed by atoms with Crippen LogP contribution in [0.3, 0.4) is 0 Å². The third kappa shape index (κ3) is 2.93. The van der Waals surface area contributed by atoms with Gasteiger partial charge in [0.2, 0.25) is 0 Å². The van der Waals surface area contributed by atoms with Gasteiger partial charge in [-0.25, -0.2) is 0 Å². The van der Waals surface area contributed by atoms with Gasteiger partial charge in [0.25, 0.3) is 0 Å². The predicted octanol–water partition coefficient (Wildman–Crippen LogP) is 2.17. The molecule has 1 aliphatic heterocycles. The lowest BCUT2D eigenvalue weighted by atomic mass is 9.97. The zero-order valence-electron chi connectivity index (χ0n) is 11.7. The summed E-state index contributed by atoms with van der Waals surface area (Å²) < 4.78 is 0.989. The highest BCUT2D eigenvalue weighted by molar-refractivity contribution is 9.10. The van der Waals surface area contributed by atoms with Crippen LogP contribution >= 0.6 is 28.3 Å². The number of aromatic amines is 2. The van der Waals surface area contributed by atoms with Crippen molar-refractivity contribution >= 4 is 39.4 Å². The molecule has 0 unspecified atom stereocenters. The lowest BCUT2D eigenvalue weighted by Crippen LogP contribution is -2.33. The highest BCUT2D eigenvalue weighted by Crippen LogP contribution is 2.31. The first kappa shape index (κ1) is 16.3. The van der Waals surface area contributed by atoms with Gasteiger partial charge < -0.3 is 9.97 Å². The Labute approximate surface area is 136 Å². The Morgan fingerprint density at radius 3 is 2.67 bits per heavy atom. The average Bonchev–Trinajstić information content (AvgIpc) is 2.42. The van der Waals surface area contributed by atoms with Gasteiger partial charge in [-0.05, 0) is 36.6 Å². The standard InChI is InChI=1S/C14H16BrN3O2.ClH/c1-2-4-18-5-3-8-9(7-18)10(15)6-11-12(8)17-14(20)13(19)16-11;/h6H,2-5,7H2,1H3,(H,16,19)(H,17,20);1H. The number of H-pyrrole nitrogens is 2. The second-order valence-electron chi connectivity index (χ2n) is 5.17. The Balaban J connectivity index is 0.00000161. The van der Waals surface area contributed by atoms with Gasteiger partial charge in [-0.2, -0.15) is 0 Å². The van der Waals surface area contributed by atoms with Crippen LogP contribution in [0.25, 0.3) is 11.0 Å². The molecule has 0 radical (unpaired) electrons. The fraction of sp³-hybridized carbons (Fsp3) is 0.429. The Kier molecular flexibility index (Phi) is 4.91. The van der Waals surface area contributed by atoms with E-state index in [-0.39, 0.29) is 12.4 Å². The molecule has 2 heterocycles. The number of rotatable bonds is 2. The molecule has 0 fully saturated rings. The number of aromatic nitrogens is 2. The highest BCUT2D eigenvalue weighted by Gasteiger charge is 2.21. The fourth-order valence-corrected chi connectivity index (χ4v) is 3.45. The maximum absolute atomic E-state index is 11.5. The van der Waals surface area contributed by atoms with Crippen molar-refractivity contribution in [2.45, 2.75) is 26.3 Å². The van der Waals surface area contributed by atoms with Crippen LogP contribution in [0, 0.1) is 0 Å². The van der Waals surface area contributed by atoms with Crippen molar-refractivity contribution in [3.8, 4) is 0 Å². The monoisotopic (exact) mass is 373 g/mol. The van der Waals surface area contributed by atoms with Crippen LogP contribution in [0.2, 0.25) is 0 Å². The molecule has 3 rings (SSSR count). The molecule has 1 aromatic carbocycles. The molecule has 0 spiro atoms. The topological polar surface area (TPSA) is 69.0 Å². The maximum Gasteiger partial charge on any atom is 0.314 e. The lowest BCUT2D eigenvalue weighted by Gasteiger charge is -2.29. The smallest absolute Gasteiger partial charge is 0.314 e. The van der Waals surface area contributed by atoms with Gasteiger partial charge >= 0.3 is 11.1 Å². The van der Waals surface area contributed by atoms with E-state index in [0.29, 0.717) is 5.52 Å². The number of hydrogen-bond donors (Lipinski definition) is 2. The van der Waals surface area contributed by atoms with Crippen molar-refractivity contribution in [3.05, 3.63) is 42.4 Å². The summed E-state index contributed by atoms with van der Waals surface area (Å²) in [6.45, 7) is 5.10. The Morgan fingerprint density at radius 1 is 1.24 bits per heavy atom. The minimum atomic E-state index is -0.604. The zero-order valence-corrected chi connectivity index (χ0v) is 14.1. The first-order chi connectivity index (χ1) is 9.60. The summed E-state index contributed by atoms with van der Waals surface area (Å²) in [6.07, 6.45) is 2.01. The van der Waals surface area contributed by atoms with Gasteiger partial charge in [-0.1, -0.05) is 22.9 Å². The Morgan fingerprint density at radius 2 is 1.95 bits per heavy atom. The van der Waals surface area contributed by atoms with Crippen LogP contribution in [0.15, 0.2) is 20.1 Å². The number of benzene rings is 1. The molecule has 21 heavy (non-hydrogen) atoms. The normalized spacial score (nSPS) is 14.8. The van der Waals surface area contributed by atoms with Crippen molar-refractivity contribution in [1.82, 2.24) is 14.9 Å². The van der Waals surface area contributed by atoms with Crippen LogP contribution in [-0.4, -0.2) is 28.0 Å².